The van der Waals surface area contributed by atoms with Crippen LogP contribution in [0.3, 0.4) is 0 Å². The Hall–Kier alpha value is -2.53. The van der Waals surface area contributed by atoms with Gasteiger partial charge in [-0.2, -0.15) is 0 Å². The van der Waals surface area contributed by atoms with Crippen molar-refractivity contribution >= 4 is 5.97 Å². The maximum absolute atomic E-state index is 12.7. The number of carbonyl (C=O) groups is 1. The van der Waals surface area contributed by atoms with Gasteiger partial charge in [0.05, 0.1) is 21.3 Å². The summed E-state index contributed by atoms with van der Waals surface area (Å²) in [5, 5.41) is 0. The summed E-state index contributed by atoms with van der Waals surface area (Å²) in [5.74, 6) is 0.993. The zero-order valence-corrected chi connectivity index (χ0v) is 15.7. The van der Waals surface area contributed by atoms with Crippen LogP contribution >= 0.6 is 0 Å². The second-order valence-corrected chi connectivity index (χ2v) is 6.49. The number of methoxy groups -OCH3 is 3. The van der Waals surface area contributed by atoms with E-state index in [0.29, 0.717) is 11.5 Å². The van der Waals surface area contributed by atoms with Crippen molar-refractivity contribution in [3.05, 3.63) is 59.2 Å². The molecule has 0 saturated heterocycles. The minimum Gasteiger partial charge on any atom is -0.493 e. The highest BCUT2D eigenvalue weighted by molar-refractivity contribution is 5.78. The smallest absolute Gasteiger partial charge is 0.324 e. The number of fused-ring (bicyclic) bond motifs is 1. The molecule has 5 heteroatoms. The highest BCUT2D eigenvalue weighted by Crippen LogP contribution is 2.41. The van der Waals surface area contributed by atoms with Crippen molar-refractivity contribution in [3.8, 4) is 11.5 Å². The number of likely N-dealkylation sites (N-methyl/N-ethyl adjacent to an activating group) is 1. The van der Waals surface area contributed by atoms with E-state index in [4.69, 9.17) is 14.2 Å². The first-order chi connectivity index (χ1) is 12.6. The highest BCUT2D eigenvalue weighted by atomic mass is 16.5. The van der Waals surface area contributed by atoms with Gasteiger partial charge in [-0.15, -0.1) is 0 Å². The van der Waals surface area contributed by atoms with Crippen LogP contribution in [0.4, 0.5) is 0 Å². The maximum atomic E-state index is 12.7. The predicted molar refractivity (Wildman–Crippen MR) is 100.0 cm³/mol. The van der Waals surface area contributed by atoms with Gasteiger partial charge in [0.2, 0.25) is 0 Å². The first-order valence-corrected chi connectivity index (χ1v) is 8.68. The van der Waals surface area contributed by atoms with Gasteiger partial charge in [0.15, 0.2) is 11.5 Å². The molecule has 0 amide bonds. The summed E-state index contributed by atoms with van der Waals surface area (Å²) in [6.07, 6.45) is 0.822. The Morgan fingerprint density at radius 3 is 2.31 bits per heavy atom. The lowest BCUT2D eigenvalue weighted by molar-refractivity contribution is -0.146. The van der Waals surface area contributed by atoms with Crippen LogP contribution in [0.5, 0.6) is 11.5 Å². The first kappa shape index (κ1) is 18.3. The van der Waals surface area contributed by atoms with Crippen LogP contribution in [0.2, 0.25) is 0 Å². The molecule has 2 atom stereocenters. The fourth-order valence-corrected chi connectivity index (χ4v) is 3.76. The van der Waals surface area contributed by atoms with E-state index in [-0.39, 0.29) is 11.9 Å². The molecule has 0 bridgehead atoms. The molecule has 0 aromatic heterocycles. The standard InChI is InChI=1S/C21H25NO4/c1-22-11-10-15-12-17(24-2)18(25-3)13-16(15)19(20(22)21(23)26-4)14-8-6-5-7-9-14/h5-9,12-13,19-20H,10-11H2,1-4H3/t19-,20-/m1/s1. The van der Waals surface area contributed by atoms with E-state index in [1.807, 2.05) is 37.4 Å². The van der Waals surface area contributed by atoms with Gasteiger partial charge >= 0.3 is 5.97 Å². The number of hydrogen-bond donors (Lipinski definition) is 0. The van der Waals surface area contributed by atoms with Gasteiger partial charge in [-0.05, 0) is 42.3 Å². The molecule has 3 rings (SSSR count). The van der Waals surface area contributed by atoms with E-state index < -0.39 is 6.04 Å². The molecule has 5 nitrogen and oxygen atoms in total. The number of ether oxygens (including phenoxy) is 3. The zero-order chi connectivity index (χ0) is 18.7. The molecule has 2 aromatic rings. The number of benzene rings is 2. The Bertz CT molecular complexity index is 775. The predicted octanol–water partition coefficient (Wildman–Crippen LogP) is 2.87. The average molecular weight is 355 g/mol. The lowest BCUT2D eigenvalue weighted by Crippen LogP contribution is -2.43. The summed E-state index contributed by atoms with van der Waals surface area (Å²) in [6, 6.07) is 13.7. The molecule has 0 radical (unpaired) electrons. The number of hydrogen-bond acceptors (Lipinski definition) is 5. The van der Waals surface area contributed by atoms with Gasteiger partial charge in [-0.1, -0.05) is 30.3 Å². The van der Waals surface area contributed by atoms with Gasteiger partial charge in [-0.3, -0.25) is 9.69 Å². The van der Waals surface area contributed by atoms with Crippen LogP contribution in [0.25, 0.3) is 0 Å². The summed E-state index contributed by atoms with van der Waals surface area (Å²) < 4.78 is 16.1. The van der Waals surface area contributed by atoms with Gasteiger partial charge in [0, 0.05) is 12.5 Å². The Labute approximate surface area is 154 Å². The van der Waals surface area contributed by atoms with Crippen molar-refractivity contribution in [2.45, 2.75) is 18.4 Å². The summed E-state index contributed by atoms with van der Waals surface area (Å²) >= 11 is 0. The molecule has 0 unspecified atom stereocenters. The van der Waals surface area contributed by atoms with Crippen molar-refractivity contribution in [1.29, 1.82) is 0 Å². The lowest BCUT2D eigenvalue weighted by atomic mass is 9.82. The Balaban J connectivity index is 2.24. The van der Waals surface area contributed by atoms with E-state index in [1.165, 1.54) is 7.11 Å². The van der Waals surface area contributed by atoms with Crippen LogP contribution in [0, 0.1) is 0 Å². The molecule has 0 N–H and O–H groups in total. The molecule has 1 heterocycles. The molecule has 1 aliphatic heterocycles. The van der Waals surface area contributed by atoms with Crippen LogP contribution in [-0.4, -0.2) is 51.8 Å². The fraction of sp³-hybridized carbons (Fsp3) is 0.381. The molecule has 0 spiro atoms. The third kappa shape index (κ3) is 3.27. The summed E-state index contributed by atoms with van der Waals surface area (Å²) in [5.41, 5.74) is 3.31. The van der Waals surface area contributed by atoms with Gasteiger partial charge in [0.1, 0.15) is 6.04 Å². The van der Waals surface area contributed by atoms with Crippen LogP contribution < -0.4 is 9.47 Å². The largest absolute Gasteiger partial charge is 0.493 e. The van der Waals surface area contributed by atoms with Crippen LogP contribution in [-0.2, 0) is 16.0 Å². The Kier molecular flexibility index (Phi) is 5.47. The van der Waals surface area contributed by atoms with Crippen molar-refractivity contribution in [2.75, 3.05) is 34.9 Å². The SMILES string of the molecule is COC(=O)[C@H]1[C@H](c2ccccc2)c2cc(OC)c(OC)cc2CCN1C. The van der Waals surface area contributed by atoms with Crippen molar-refractivity contribution in [2.24, 2.45) is 0 Å². The monoisotopic (exact) mass is 355 g/mol. The van der Waals surface area contributed by atoms with Gasteiger partial charge in [0.25, 0.3) is 0 Å². The summed E-state index contributed by atoms with van der Waals surface area (Å²) in [7, 11) is 6.68. The molecule has 0 saturated carbocycles. The number of esters is 1. The average Bonchev–Trinajstić information content (AvgIpc) is 2.83. The normalized spacial score (nSPS) is 20.0. The molecular weight excluding hydrogens is 330 g/mol. The molecule has 2 aromatic carbocycles. The Morgan fingerprint density at radius 2 is 1.69 bits per heavy atom. The van der Waals surface area contributed by atoms with Crippen molar-refractivity contribution in [3.63, 3.8) is 0 Å². The van der Waals surface area contributed by atoms with Crippen molar-refractivity contribution in [1.82, 2.24) is 4.90 Å². The topological polar surface area (TPSA) is 48.0 Å². The third-order valence-electron chi connectivity index (χ3n) is 5.11. The van der Waals surface area contributed by atoms with E-state index in [0.717, 1.165) is 29.7 Å². The zero-order valence-electron chi connectivity index (χ0n) is 15.7. The molecule has 0 fully saturated rings. The molecule has 0 aliphatic carbocycles. The number of nitrogens with zero attached hydrogens (tertiary/aromatic N) is 1. The maximum Gasteiger partial charge on any atom is 0.324 e. The van der Waals surface area contributed by atoms with Crippen molar-refractivity contribution < 1.29 is 19.0 Å². The molecule has 1 aliphatic rings. The Morgan fingerprint density at radius 1 is 1.04 bits per heavy atom. The first-order valence-electron chi connectivity index (χ1n) is 8.68. The van der Waals surface area contributed by atoms with Crippen LogP contribution in [0.15, 0.2) is 42.5 Å². The molecule has 138 valence electrons. The number of carbonyl (C=O) groups excluding carboxylic acids is 1. The van der Waals surface area contributed by atoms with E-state index in [1.54, 1.807) is 14.2 Å². The quantitative estimate of drug-likeness (QED) is 0.790. The van der Waals surface area contributed by atoms with E-state index in [9.17, 15) is 4.79 Å². The molecular formula is C21H25NO4. The molecule has 26 heavy (non-hydrogen) atoms. The fourth-order valence-electron chi connectivity index (χ4n) is 3.76. The van der Waals surface area contributed by atoms with E-state index >= 15 is 0 Å². The van der Waals surface area contributed by atoms with Crippen LogP contribution in [0.1, 0.15) is 22.6 Å². The van der Waals surface area contributed by atoms with E-state index in [2.05, 4.69) is 17.0 Å². The lowest BCUT2D eigenvalue weighted by Gasteiger charge is -2.31. The minimum atomic E-state index is -0.401. The van der Waals surface area contributed by atoms with Gasteiger partial charge in [-0.25, -0.2) is 0 Å². The minimum absolute atomic E-state index is 0.147. The summed E-state index contributed by atoms with van der Waals surface area (Å²) in [6.45, 7) is 0.756. The van der Waals surface area contributed by atoms with Gasteiger partial charge < -0.3 is 14.2 Å². The second-order valence-electron chi connectivity index (χ2n) is 6.49. The third-order valence-corrected chi connectivity index (χ3v) is 5.11. The highest BCUT2D eigenvalue weighted by Gasteiger charge is 2.38. The summed E-state index contributed by atoms with van der Waals surface area (Å²) in [4.78, 5) is 14.8. The second kappa shape index (κ2) is 7.79. The number of rotatable bonds is 4.